The van der Waals surface area contributed by atoms with Crippen LogP contribution in [0.2, 0.25) is 0 Å². The fourth-order valence-electron chi connectivity index (χ4n) is 5.23. The summed E-state index contributed by atoms with van der Waals surface area (Å²) in [5, 5.41) is 14.0. The van der Waals surface area contributed by atoms with Crippen molar-refractivity contribution in [2.45, 2.75) is 38.0 Å². The number of benzene rings is 4. The van der Waals surface area contributed by atoms with Crippen LogP contribution in [0.5, 0.6) is 11.5 Å². The third-order valence-corrected chi connectivity index (χ3v) is 8.39. The van der Waals surface area contributed by atoms with Crippen LogP contribution in [-0.2, 0) is 41.0 Å². The third-order valence-electron chi connectivity index (χ3n) is 8.39. The van der Waals surface area contributed by atoms with E-state index in [9.17, 15) is 45.5 Å². The van der Waals surface area contributed by atoms with Gasteiger partial charge < -0.3 is 29.6 Å². The first-order chi connectivity index (χ1) is 30.0. The Bertz CT molecular complexity index is 2250. The van der Waals surface area contributed by atoms with Gasteiger partial charge >= 0.3 is 36.1 Å². The van der Waals surface area contributed by atoms with Gasteiger partial charge in [0, 0.05) is 30.6 Å². The number of rotatable bonds is 21. The van der Waals surface area contributed by atoms with Gasteiger partial charge in [-0.3, -0.25) is 20.0 Å². The number of anilines is 4. The number of azo groups is 1. The first kappa shape index (κ1) is 48.3. The van der Waals surface area contributed by atoms with Crippen LogP contribution in [0.1, 0.15) is 36.8 Å². The Kier molecular flexibility index (Phi) is 17.6. The average molecular weight is 885 g/mol. The summed E-state index contributed by atoms with van der Waals surface area (Å²) in [6.07, 6.45) is -6.02. The van der Waals surface area contributed by atoms with Crippen LogP contribution in [0.4, 0.5) is 60.5 Å². The Balaban J connectivity index is 1.26. The van der Waals surface area contributed by atoms with Crippen molar-refractivity contribution in [2.24, 2.45) is 10.2 Å². The lowest BCUT2D eigenvalue weighted by atomic mass is 10.1. The van der Waals surface area contributed by atoms with E-state index in [1.807, 2.05) is 0 Å². The maximum atomic E-state index is 13.9. The van der Waals surface area contributed by atoms with Crippen LogP contribution in [0, 0.1) is 0 Å². The topological polar surface area (TPSA) is 169 Å². The van der Waals surface area contributed by atoms with E-state index in [2.05, 4.69) is 39.4 Å². The van der Waals surface area contributed by atoms with Gasteiger partial charge in [0.05, 0.1) is 60.3 Å². The summed E-state index contributed by atoms with van der Waals surface area (Å²) in [7, 11) is 1.50. The van der Waals surface area contributed by atoms with Crippen molar-refractivity contribution in [2.75, 3.05) is 54.5 Å². The predicted molar refractivity (Wildman–Crippen MR) is 221 cm³/mol. The number of amides is 2. The molecular formula is C43H42F6N6O8. The zero-order valence-electron chi connectivity index (χ0n) is 33.7. The molecule has 4 rings (SSSR count). The highest BCUT2D eigenvalue weighted by Crippen LogP contribution is 2.40. The summed E-state index contributed by atoms with van der Waals surface area (Å²) in [6, 6.07) is 18.4. The largest absolute Gasteiger partial charge is 0.493 e. The fraction of sp³-hybridized carbons (Fsp3) is 0.256. The number of unbranched alkanes of at least 4 members (excludes halogenated alkanes) is 2. The molecule has 14 nitrogen and oxygen atoms in total. The standard InChI is InChI=1S/C43H42F6N6O8/c1-4-38(56)62-24-8-6-22-60-36-20-18-32(26-34(36)42(44,45)46)53-52-30-14-10-28(11-15-30)50-40(58)41(59)51-29-12-16-31(17-13-29)54-55(3)33-19-21-37(35(27-33)43(47,48)49)61-23-7-9-25-63-39(57)5-2/h4-5,10-21,26-27,54H,1-2,6-9,22-25H2,3H3,(H,50,58)(H,51,59). The van der Waals surface area contributed by atoms with Gasteiger partial charge in [-0.25, -0.2) is 9.59 Å². The molecule has 0 aliphatic rings. The first-order valence-corrected chi connectivity index (χ1v) is 19.0. The van der Waals surface area contributed by atoms with Gasteiger partial charge in [-0.1, -0.05) is 13.2 Å². The number of hydrogen-bond donors (Lipinski definition) is 3. The summed E-state index contributed by atoms with van der Waals surface area (Å²) >= 11 is 0. The smallest absolute Gasteiger partial charge is 0.420 e. The van der Waals surface area contributed by atoms with E-state index >= 15 is 0 Å². The lowest BCUT2D eigenvalue weighted by Crippen LogP contribution is -2.29. The van der Waals surface area contributed by atoms with Gasteiger partial charge in [0.1, 0.15) is 11.5 Å². The van der Waals surface area contributed by atoms with Crippen LogP contribution < -0.4 is 30.5 Å². The number of esters is 2. The molecular weight excluding hydrogens is 842 g/mol. The Morgan fingerprint density at radius 1 is 0.587 bits per heavy atom. The number of ether oxygens (including phenoxy) is 4. The molecule has 0 aromatic heterocycles. The highest BCUT2D eigenvalue weighted by Gasteiger charge is 2.36. The van der Waals surface area contributed by atoms with E-state index in [4.69, 9.17) is 18.9 Å². The summed E-state index contributed by atoms with van der Waals surface area (Å²) < 4.78 is 103. The highest BCUT2D eigenvalue weighted by atomic mass is 19.4. The molecule has 0 saturated carbocycles. The number of alkyl halides is 6. The molecule has 0 atom stereocenters. The molecule has 0 spiro atoms. The number of hydrogen-bond acceptors (Lipinski definition) is 12. The van der Waals surface area contributed by atoms with Gasteiger partial charge in [0.15, 0.2) is 0 Å². The van der Waals surface area contributed by atoms with Crippen molar-refractivity contribution in [3.63, 3.8) is 0 Å². The maximum absolute atomic E-state index is 13.9. The van der Waals surface area contributed by atoms with Crippen LogP contribution in [0.25, 0.3) is 0 Å². The zero-order chi connectivity index (χ0) is 46.0. The summed E-state index contributed by atoms with van der Waals surface area (Å²) in [4.78, 5) is 47.4. The molecule has 4 aromatic rings. The number of hydrazine groups is 1. The summed E-state index contributed by atoms with van der Waals surface area (Å²) in [5.41, 5.74) is 2.03. The van der Waals surface area contributed by atoms with Crippen molar-refractivity contribution in [3.05, 3.63) is 121 Å². The minimum Gasteiger partial charge on any atom is -0.493 e. The maximum Gasteiger partial charge on any atom is 0.420 e. The molecule has 3 N–H and O–H groups in total. The minimum atomic E-state index is -4.75. The molecule has 0 heterocycles. The van der Waals surface area contributed by atoms with E-state index in [0.717, 1.165) is 30.4 Å². The second kappa shape index (κ2) is 23.0. The van der Waals surface area contributed by atoms with Crippen molar-refractivity contribution in [3.8, 4) is 11.5 Å². The van der Waals surface area contributed by atoms with Crippen LogP contribution in [0.3, 0.4) is 0 Å². The molecule has 0 unspecified atom stereocenters. The Morgan fingerprint density at radius 2 is 1.00 bits per heavy atom. The molecule has 0 bridgehead atoms. The van der Waals surface area contributed by atoms with Gasteiger partial charge in [-0.15, -0.1) is 0 Å². The number of carbonyl (C=O) groups is 4. The van der Waals surface area contributed by atoms with Gasteiger partial charge in [-0.05, 0) is 111 Å². The summed E-state index contributed by atoms with van der Waals surface area (Å²) in [6.45, 7) is 6.61. The molecule has 4 aromatic carbocycles. The van der Waals surface area contributed by atoms with Crippen molar-refractivity contribution in [1.29, 1.82) is 0 Å². The quantitative estimate of drug-likeness (QED) is 0.0139. The normalized spacial score (nSPS) is 11.3. The molecule has 63 heavy (non-hydrogen) atoms. The molecule has 20 heteroatoms. The molecule has 0 fully saturated rings. The predicted octanol–water partition coefficient (Wildman–Crippen LogP) is 9.96. The number of halogens is 6. The number of nitrogens with one attached hydrogen (secondary N) is 3. The Hall–Kier alpha value is -7.38. The molecule has 0 saturated heterocycles. The van der Waals surface area contributed by atoms with Crippen LogP contribution in [0.15, 0.2) is 120 Å². The summed E-state index contributed by atoms with van der Waals surface area (Å²) in [5.74, 6) is -3.99. The molecule has 0 aliphatic heterocycles. The second-order valence-electron chi connectivity index (χ2n) is 13.1. The number of carbonyl (C=O) groups excluding carboxylic acids is 4. The molecule has 0 aliphatic carbocycles. The molecule has 0 radical (unpaired) electrons. The Morgan fingerprint density at radius 3 is 1.49 bits per heavy atom. The fourth-order valence-corrected chi connectivity index (χ4v) is 5.23. The minimum absolute atomic E-state index is 0.0338. The van der Waals surface area contributed by atoms with E-state index in [-0.39, 0.29) is 60.6 Å². The first-order valence-electron chi connectivity index (χ1n) is 19.0. The third kappa shape index (κ3) is 15.9. The Labute approximate surface area is 357 Å². The highest BCUT2D eigenvalue weighted by molar-refractivity contribution is 6.43. The van der Waals surface area contributed by atoms with Gasteiger partial charge in [0.2, 0.25) is 0 Å². The van der Waals surface area contributed by atoms with E-state index < -0.39 is 53.0 Å². The number of nitrogens with zero attached hydrogens (tertiary/aromatic N) is 3. The average Bonchev–Trinajstić information content (AvgIpc) is 3.25. The van der Waals surface area contributed by atoms with Crippen molar-refractivity contribution < 1.29 is 64.5 Å². The SMILES string of the molecule is C=CC(=O)OCCCCOc1ccc(N=Nc2ccc(NC(=O)C(=O)Nc3ccc(NN(C)c4ccc(OCCCCOC(=O)C=C)c(C(F)(F)F)c4)cc3)cc2)cc1C(F)(F)F. The molecule has 334 valence electrons. The molecule has 2 amide bonds. The van der Waals surface area contributed by atoms with Gasteiger partial charge in [0.25, 0.3) is 0 Å². The second-order valence-corrected chi connectivity index (χ2v) is 13.1. The monoisotopic (exact) mass is 884 g/mol. The van der Waals surface area contributed by atoms with Crippen LogP contribution >= 0.6 is 0 Å². The van der Waals surface area contributed by atoms with E-state index in [1.165, 1.54) is 78.8 Å². The lowest BCUT2D eigenvalue weighted by Gasteiger charge is -2.24. The van der Waals surface area contributed by atoms with Crippen LogP contribution in [-0.4, -0.2) is 57.2 Å². The van der Waals surface area contributed by atoms with Gasteiger partial charge in [-0.2, -0.15) is 36.6 Å². The van der Waals surface area contributed by atoms with E-state index in [1.54, 1.807) is 0 Å². The van der Waals surface area contributed by atoms with Crippen molar-refractivity contribution >= 4 is 57.9 Å². The lowest BCUT2D eigenvalue weighted by molar-refractivity contribution is -0.139. The van der Waals surface area contributed by atoms with Crippen molar-refractivity contribution in [1.82, 2.24) is 0 Å². The zero-order valence-corrected chi connectivity index (χ0v) is 33.7. The van der Waals surface area contributed by atoms with E-state index in [0.29, 0.717) is 31.4 Å².